The van der Waals surface area contributed by atoms with E-state index < -0.39 is 5.60 Å². The number of aromatic nitrogens is 1. The Morgan fingerprint density at radius 2 is 1.84 bits per heavy atom. The summed E-state index contributed by atoms with van der Waals surface area (Å²) in [5.74, 6) is 0.798. The van der Waals surface area contributed by atoms with Crippen LogP contribution in [0.5, 0.6) is 5.75 Å². The van der Waals surface area contributed by atoms with Crippen LogP contribution in [0, 0.1) is 0 Å². The molecule has 1 aromatic carbocycles. The van der Waals surface area contributed by atoms with E-state index in [1.54, 1.807) is 18.2 Å². The van der Waals surface area contributed by atoms with Crippen LogP contribution in [0.25, 0.3) is 11.3 Å². The predicted molar refractivity (Wildman–Crippen MR) is 97.0 cm³/mol. The van der Waals surface area contributed by atoms with Crippen LogP contribution in [0.1, 0.15) is 32.0 Å². The zero-order valence-corrected chi connectivity index (χ0v) is 14.9. The van der Waals surface area contributed by atoms with Crippen molar-refractivity contribution in [1.82, 2.24) is 9.88 Å². The molecule has 0 unspecified atom stereocenters. The Hall–Kier alpha value is -2.82. The number of carbonyl (C=O) groups is 1. The number of rotatable bonds is 3. The van der Waals surface area contributed by atoms with Crippen LogP contribution in [0.4, 0.5) is 4.79 Å². The van der Waals surface area contributed by atoms with Gasteiger partial charge in [0.2, 0.25) is 0 Å². The van der Waals surface area contributed by atoms with Gasteiger partial charge < -0.3 is 9.47 Å². The summed E-state index contributed by atoms with van der Waals surface area (Å²) in [6.45, 7) is 6.07. The number of hydrogen-bond acceptors (Lipinski definition) is 4. The van der Waals surface area contributed by atoms with Crippen molar-refractivity contribution in [1.29, 1.82) is 0 Å². The van der Waals surface area contributed by atoms with Gasteiger partial charge in [0.1, 0.15) is 11.4 Å². The SMILES string of the molecule is COc1ccc(C2=C(c3ccccn3)N(C(=O)OC(C)(C)C)C2)cc1. The van der Waals surface area contributed by atoms with Crippen LogP contribution in [0.15, 0.2) is 48.7 Å². The van der Waals surface area contributed by atoms with E-state index in [1.807, 2.05) is 63.2 Å². The van der Waals surface area contributed by atoms with Gasteiger partial charge in [0.15, 0.2) is 0 Å². The molecule has 3 rings (SSSR count). The van der Waals surface area contributed by atoms with Gasteiger partial charge in [-0.1, -0.05) is 18.2 Å². The van der Waals surface area contributed by atoms with Gasteiger partial charge in [0.25, 0.3) is 0 Å². The Bertz CT molecular complexity index is 790. The largest absolute Gasteiger partial charge is 0.497 e. The minimum absolute atomic E-state index is 0.356. The topological polar surface area (TPSA) is 51.7 Å². The molecule has 0 atom stereocenters. The van der Waals surface area contributed by atoms with E-state index in [9.17, 15) is 4.79 Å². The van der Waals surface area contributed by atoms with Crippen LogP contribution in [0.2, 0.25) is 0 Å². The molecule has 2 aromatic rings. The molecule has 0 spiro atoms. The van der Waals surface area contributed by atoms with Gasteiger partial charge in [-0.3, -0.25) is 9.88 Å². The van der Waals surface area contributed by atoms with Gasteiger partial charge in [-0.05, 0) is 50.6 Å². The van der Waals surface area contributed by atoms with Crippen LogP contribution in [0.3, 0.4) is 0 Å². The zero-order valence-electron chi connectivity index (χ0n) is 14.9. The van der Waals surface area contributed by atoms with E-state index in [0.29, 0.717) is 6.54 Å². The highest BCUT2D eigenvalue weighted by molar-refractivity contribution is 6.02. The lowest BCUT2D eigenvalue weighted by molar-refractivity contribution is 0.0354. The third kappa shape index (κ3) is 3.65. The van der Waals surface area contributed by atoms with Gasteiger partial charge in [0.05, 0.1) is 25.0 Å². The van der Waals surface area contributed by atoms with Crippen molar-refractivity contribution >= 4 is 17.4 Å². The van der Waals surface area contributed by atoms with Crippen molar-refractivity contribution in [3.8, 4) is 5.75 Å². The zero-order chi connectivity index (χ0) is 18.0. The van der Waals surface area contributed by atoms with Crippen molar-refractivity contribution < 1.29 is 14.3 Å². The smallest absolute Gasteiger partial charge is 0.415 e. The maximum absolute atomic E-state index is 12.5. The van der Waals surface area contributed by atoms with Crippen LogP contribution < -0.4 is 4.74 Å². The Morgan fingerprint density at radius 1 is 1.12 bits per heavy atom. The van der Waals surface area contributed by atoms with Gasteiger partial charge in [-0.15, -0.1) is 0 Å². The quantitative estimate of drug-likeness (QED) is 0.841. The molecule has 2 heterocycles. The van der Waals surface area contributed by atoms with E-state index >= 15 is 0 Å². The maximum Gasteiger partial charge on any atom is 0.415 e. The number of benzene rings is 1. The first-order chi connectivity index (χ1) is 11.9. The molecular formula is C20H22N2O3. The normalized spacial score (nSPS) is 14.2. The third-order valence-corrected chi connectivity index (χ3v) is 3.83. The second kappa shape index (κ2) is 6.59. The third-order valence-electron chi connectivity index (χ3n) is 3.83. The Balaban J connectivity index is 1.97. The lowest BCUT2D eigenvalue weighted by Crippen LogP contribution is -2.42. The summed E-state index contributed by atoms with van der Waals surface area (Å²) in [7, 11) is 1.64. The predicted octanol–water partition coefficient (Wildman–Crippen LogP) is 4.21. The van der Waals surface area contributed by atoms with E-state index in [1.165, 1.54) is 0 Å². The highest BCUT2D eigenvalue weighted by Gasteiger charge is 2.36. The summed E-state index contributed by atoms with van der Waals surface area (Å²) < 4.78 is 10.7. The average molecular weight is 338 g/mol. The van der Waals surface area contributed by atoms with E-state index in [0.717, 1.165) is 28.3 Å². The second-order valence-corrected chi connectivity index (χ2v) is 6.84. The minimum atomic E-state index is -0.540. The molecule has 0 bridgehead atoms. The van der Waals surface area contributed by atoms with Crippen molar-refractivity contribution in [3.05, 3.63) is 59.9 Å². The Morgan fingerprint density at radius 3 is 2.40 bits per heavy atom. The second-order valence-electron chi connectivity index (χ2n) is 6.84. The summed E-state index contributed by atoms with van der Waals surface area (Å²) in [4.78, 5) is 18.6. The molecule has 0 N–H and O–H groups in total. The number of hydrogen-bond donors (Lipinski definition) is 0. The molecule has 1 aromatic heterocycles. The fourth-order valence-electron chi connectivity index (χ4n) is 2.67. The molecule has 1 aliphatic rings. The van der Waals surface area contributed by atoms with Gasteiger partial charge in [-0.2, -0.15) is 0 Å². The molecule has 0 aliphatic carbocycles. The molecule has 0 radical (unpaired) electrons. The van der Waals surface area contributed by atoms with E-state index in [2.05, 4.69) is 4.98 Å². The number of amides is 1. The molecular weight excluding hydrogens is 316 g/mol. The summed E-state index contributed by atoms with van der Waals surface area (Å²) in [6, 6.07) is 13.5. The summed E-state index contributed by atoms with van der Waals surface area (Å²) >= 11 is 0. The monoisotopic (exact) mass is 338 g/mol. The lowest BCUT2D eigenvalue weighted by Gasteiger charge is -2.38. The van der Waals surface area contributed by atoms with Gasteiger partial charge in [-0.25, -0.2) is 4.79 Å². The Kier molecular flexibility index (Phi) is 4.49. The van der Waals surface area contributed by atoms with Crippen LogP contribution >= 0.6 is 0 Å². The standard InChI is InChI=1S/C20H22N2O3/c1-20(2,3)25-19(23)22-13-16(14-8-10-15(24-4)11-9-14)18(22)17-7-5-6-12-21-17/h5-12H,13H2,1-4H3. The molecule has 0 saturated carbocycles. The molecule has 5 heteroatoms. The van der Waals surface area contributed by atoms with Crippen molar-refractivity contribution in [3.63, 3.8) is 0 Å². The summed E-state index contributed by atoms with van der Waals surface area (Å²) in [5.41, 5.74) is 3.11. The highest BCUT2D eigenvalue weighted by atomic mass is 16.6. The lowest BCUT2D eigenvalue weighted by atomic mass is 9.94. The first-order valence-electron chi connectivity index (χ1n) is 8.18. The fourth-order valence-corrected chi connectivity index (χ4v) is 2.67. The highest BCUT2D eigenvalue weighted by Crippen LogP contribution is 2.39. The van der Waals surface area contributed by atoms with Crippen LogP contribution in [-0.2, 0) is 4.74 Å². The number of methoxy groups -OCH3 is 1. The maximum atomic E-state index is 12.5. The van der Waals surface area contributed by atoms with Crippen molar-refractivity contribution in [2.24, 2.45) is 0 Å². The van der Waals surface area contributed by atoms with Crippen molar-refractivity contribution in [2.45, 2.75) is 26.4 Å². The Labute approximate surface area is 147 Å². The van der Waals surface area contributed by atoms with Gasteiger partial charge in [0, 0.05) is 11.8 Å². The molecule has 25 heavy (non-hydrogen) atoms. The van der Waals surface area contributed by atoms with Crippen molar-refractivity contribution in [2.75, 3.05) is 13.7 Å². The molecule has 0 saturated heterocycles. The van der Waals surface area contributed by atoms with Gasteiger partial charge >= 0.3 is 6.09 Å². The molecule has 130 valence electrons. The number of carbonyl (C=O) groups excluding carboxylic acids is 1. The van der Waals surface area contributed by atoms with Crippen LogP contribution in [-0.4, -0.2) is 35.2 Å². The number of ether oxygens (including phenoxy) is 2. The summed E-state index contributed by atoms with van der Waals surface area (Å²) in [6.07, 6.45) is 1.37. The number of pyridine rings is 1. The molecule has 1 amide bonds. The first kappa shape index (κ1) is 17.0. The van der Waals surface area contributed by atoms with E-state index in [-0.39, 0.29) is 6.09 Å². The minimum Gasteiger partial charge on any atom is -0.497 e. The number of nitrogens with zero attached hydrogens (tertiary/aromatic N) is 2. The average Bonchev–Trinajstić information content (AvgIpc) is 2.54. The summed E-state index contributed by atoms with van der Waals surface area (Å²) in [5, 5.41) is 0. The molecule has 1 aliphatic heterocycles. The molecule has 5 nitrogen and oxygen atoms in total. The fraction of sp³-hybridized carbons (Fsp3) is 0.300. The molecule has 0 fully saturated rings. The van der Waals surface area contributed by atoms with E-state index in [4.69, 9.17) is 9.47 Å². The first-order valence-corrected chi connectivity index (χ1v) is 8.18.